The predicted octanol–water partition coefficient (Wildman–Crippen LogP) is 2.30. The molecule has 4 nitrogen and oxygen atoms in total. The lowest BCUT2D eigenvalue weighted by Crippen LogP contribution is -2.23. The Morgan fingerprint density at radius 3 is 2.61 bits per heavy atom. The van der Waals surface area contributed by atoms with E-state index < -0.39 is 0 Å². The van der Waals surface area contributed by atoms with Crippen LogP contribution in [0.1, 0.15) is 23.3 Å². The van der Waals surface area contributed by atoms with E-state index in [1.807, 2.05) is 20.0 Å². The van der Waals surface area contributed by atoms with Crippen molar-refractivity contribution in [3.05, 3.63) is 41.7 Å². The van der Waals surface area contributed by atoms with E-state index in [9.17, 15) is 0 Å². The second kappa shape index (κ2) is 5.54. The van der Waals surface area contributed by atoms with E-state index in [0.717, 1.165) is 5.16 Å². The molecular formula is C13H18N4S. The van der Waals surface area contributed by atoms with Gasteiger partial charge in [-0.2, -0.15) is 5.10 Å². The fourth-order valence-electron chi connectivity index (χ4n) is 1.87. The molecule has 0 aliphatic carbocycles. The van der Waals surface area contributed by atoms with Crippen LogP contribution >= 0.6 is 11.8 Å². The maximum atomic E-state index is 6.13. The minimum absolute atomic E-state index is 0.0489. The summed E-state index contributed by atoms with van der Waals surface area (Å²) in [6, 6.07) is 8.39. The van der Waals surface area contributed by atoms with Crippen LogP contribution in [0.3, 0.4) is 0 Å². The molecule has 1 aromatic heterocycles. The van der Waals surface area contributed by atoms with Crippen molar-refractivity contribution in [2.45, 2.75) is 30.3 Å². The highest BCUT2D eigenvalue weighted by Gasteiger charge is 2.21. The molecule has 96 valence electrons. The van der Waals surface area contributed by atoms with E-state index in [2.05, 4.69) is 35.2 Å². The van der Waals surface area contributed by atoms with Crippen LogP contribution in [0.2, 0.25) is 0 Å². The van der Waals surface area contributed by atoms with E-state index in [1.165, 1.54) is 11.1 Å². The number of hydrogen-bond acceptors (Lipinski definition) is 4. The largest absolute Gasteiger partial charge is 0.327 e. The summed E-state index contributed by atoms with van der Waals surface area (Å²) in [5, 5.41) is 5.17. The molecule has 0 saturated heterocycles. The molecule has 0 aliphatic heterocycles. The first-order valence-corrected chi connectivity index (χ1v) is 6.79. The van der Waals surface area contributed by atoms with Crippen LogP contribution < -0.4 is 5.73 Å². The summed E-state index contributed by atoms with van der Waals surface area (Å²) in [6.07, 6.45) is 1.57. The molecule has 1 aromatic carbocycles. The molecule has 2 N–H and O–H groups in total. The summed E-state index contributed by atoms with van der Waals surface area (Å²) in [7, 11) is 1.89. The van der Waals surface area contributed by atoms with Crippen LogP contribution in [0, 0.1) is 6.92 Å². The van der Waals surface area contributed by atoms with Crippen molar-refractivity contribution in [1.82, 2.24) is 14.8 Å². The SMILES string of the molecule is Cc1ccccc1C(Sc1ncnn1C)C(C)N. The van der Waals surface area contributed by atoms with Gasteiger partial charge in [0.2, 0.25) is 0 Å². The molecule has 0 fully saturated rings. The van der Waals surface area contributed by atoms with Gasteiger partial charge in [0.15, 0.2) is 5.16 Å². The Morgan fingerprint density at radius 1 is 1.33 bits per heavy atom. The lowest BCUT2D eigenvalue weighted by atomic mass is 10.0. The summed E-state index contributed by atoms with van der Waals surface area (Å²) >= 11 is 1.66. The van der Waals surface area contributed by atoms with Gasteiger partial charge >= 0.3 is 0 Å². The van der Waals surface area contributed by atoms with Crippen molar-refractivity contribution in [2.75, 3.05) is 0 Å². The average molecular weight is 262 g/mol. The molecule has 1 heterocycles. The zero-order valence-electron chi connectivity index (χ0n) is 10.9. The van der Waals surface area contributed by atoms with Crippen LogP contribution in [0.15, 0.2) is 35.7 Å². The van der Waals surface area contributed by atoms with Gasteiger partial charge in [-0.3, -0.25) is 0 Å². The third-order valence-corrected chi connectivity index (χ3v) is 4.39. The molecule has 0 aliphatic rings. The van der Waals surface area contributed by atoms with Gasteiger partial charge in [0.05, 0.1) is 5.25 Å². The Bertz CT molecular complexity index is 521. The maximum absolute atomic E-state index is 6.13. The van der Waals surface area contributed by atoms with Crippen molar-refractivity contribution in [3.8, 4) is 0 Å². The number of hydrogen-bond donors (Lipinski definition) is 1. The van der Waals surface area contributed by atoms with Crippen molar-refractivity contribution < 1.29 is 0 Å². The Hall–Kier alpha value is -1.33. The average Bonchev–Trinajstić information content (AvgIpc) is 2.73. The van der Waals surface area contributed by atoms with Crippen LogP contribution in [-0.4, -0.2) is 20.8 Å². The number of thioether (sulfide) groups is 1. The second-order valence-corrected chi connectivity index (χ2v) is 5.53. The van der Waals surface area contributed by atoms with E-state index in [0.29, 0.717) is 0 Å². The lowest BCUT2D eigenvalue weighted by molar-refractivity contribution is 0.671. The molecule has 2 aromatic rings. The van der Waals surface area contributed by atoms with E-state index in [1.54, 1.807) is 22.8 Å². The molecule has 18 heavy (non-hydrogen) atoms. The molecular weight excluding hydrogens is 244 g/mol. The number of nitrogens with zero attached hydrogens (tertiary/aromatic N) is 3. The molecule has 2 atom stereocenters. The molecule has 0 amide bonds. The molecule has 5 heteroatoms. The van der Waals surface area contributed by atoms with Gasteiger partial charge in [0.25, 0.3) is 0 Å². The summed E-state index contributed by atoms with van der Waals surface area (Å²) in [6.45, 7) is 4.14. The molecule has 0 spiro atoms. The first-order chi connectivity index (χ1) is 8.59. The summed E-state index contributed by atoms with van der Waals surface area (Å²) < 4.78 is 1.78. The van der Waals surface area contributed by atoms with Gasteiger partial charge < -0.3 is 5.73 Å². The normalized spacial score (nSPS) is 14.4. The summed E-state index contributed by atoms with van der Waals surface area (Å²) in [4.78, 5) is 4.25. The zero-order valence-corrected chi connectivity index (χ0v) is 11.7. The first-order valence-electron chi connectivity index (χ1n) is 5.91. The maximum Gasteiger partial charge on any atom is 0.186 e. The van der Waals surface area contributed by atoms with Crippen LogP contribution in [0.25, 0.3) is 0 Å². The standard InChI is InChI=1S/C13H18N4S/c1-9-6-4-5-7-11(9)12(10(2)14)18-13-15-8-16-17(13)3/h4-8,10,12H,14H2,1-3H3. The van der Waals surface area contributed by atoms with Gasteiger partial charge in [-0.1, -0.05) is 36.0 Å². The number of rotatable bonds is 4. The minimum atomic E-state index is 0.0489. The smallest absolute Gasteiger partial charge is 0.186 e. The Kier molecular flexibility index (Phi) is 4.04. The summed E-state index contributed by atoms with van der Waals surface area (Å²) in [5.74, 6) is 0. The van der Waals surface area contributed by atoms with Crippen molar-refractivity contribution >= 4 is 11.8 Å². The van der Waals surface area contributed by atoms with Gasteiger partial charge in [-0.25, -0.2) is 9.67 Å². The fourth-order valence-corrected chi connectivity index (χ4v) is 3.01. The van der Waals surface area contributed by atoms with E-state index in [4.69, 9.17) is 5.73 Å². The number of benzene rings is 1. The predicted molar refractivity (Wildman–Crippen MR) is 74.4 cm³/mol. The zero-order chi connectivity index (χ0) is 13.1. The van der Waals surface area contributed by atoms with E-state index in [-0.39, 0.29) is 11.3 Å². The topological polar surface area (TPSA) is 56.7 Å². The van der Waals surface area contributed by atoms with Crippen LogP contribution in [0.5, 0.6) is 0 Å². The minimum Gasteiger partial charge on any atom is -0.327 e. The first kappa shape index (κ1) is 13.1. The van der Waals surface area contributed by atoms with Crippen molar-refractivity contribution in [3.63, 3.8) is 0 Å². The highest BCUT2D eigenvalue weighted by molar-refractivity contribution is 7.99. The Morgan fingerprint density at radius 2 is 2.06 bits per heavy atom. The molecule has 2 unspecified atom stereocenters. The van der Waals surface area contributed by atoms with Gasteiger partial charge in [-0.15, -0.1) is 0 Å². The third kappa shape index (κ3) is 2.73. The Balaban J connectivity index is 2.30. The number of nitrogens with two attached hydrogens (primary N) is 1. The quantitative estimate of drug-likeness (QED) is 0.859. The summed E-state index contributed by atoms with van der Waals surface area (Å²) in [5.41, 5.74) is 8.65. The monoisotopic (exact) mass is 262 g/mol. The molecule has 2 rings (SSSR count). The van der Waals surface area contributed by atoms with Gasteiger partial charge in [-0.05, 0) is 25.0 Å². The highest BCUT2D eigenvalue weighted by atomic mass is 32.2. The number of aryl methyl sites for hydroxylation is 2. The van der Waals surface area contributed by atoms with Crippen molar-refractivity contribution in [1.29, 1.82) is 0 Å². The van der Waals surface area contributed by atoms with Crippen LogP contribution in [-0.2, 0) is 7.05 Å². The lowest BCUT2D eigenvalue weighted by Gasteiger charge is -2.21. The van der Waals surface area contributed by atoms with Crippen molar-refractivity contribution in [2.24, 2.45) is 12.8 Å². The van der Waals surface area contributed by atoms with Gasteiger partial charge in [0.1, 0.15) is 6.33 Å². The molecule has 0 saturated carbocycles. The van der Waals surface area contributed by atoms with Crippen LogP contribution in [0.4, 0.5) is 0 Å². The highest BCUT2D eigenvalue weighted by Crippen LogP contribution is 2.37. The third-order valence-electron chi connectivity index (χ3n) is 2.87. The van der Waals surface area contributed by atoms with Gasteiger partial charge in [0, 0.05) is 13.1 Å². The van der Waals surface area contributed by atoms with E-state index >= 15 is 0 Å². The fraction of sp³-hybridized carbons (Fsp3) is 0.385. The molecule has 0 radical (unpaired) electrons. The second-order valence-electron chi connectivity index (χ2n) is 4.42. The molecule has 0 bridgehead atoms. The Labute approximate surface area is 112 Å². The number of aromatic nitrogens is 3.